The smallest absolute Gasteiger partial charge is 0.146 e. The summed E-state index contributed by atoms with van der Waals surface area (Å²) in [7, 11) is 0. The zero-order valence-electron chi connectivity index (χ0n) is 6.22. The van der Waals surface area contributed by atoms with Gasteiger partial charge in [0.05, 0.1) is 0 Å². The summed E-state index contributed by atoms with van der Waals surface area (Å²) in [5.41, 5.74) is 0. The second-order valence-corrected chi connectivity index (χ2v) is 3.26. The minimum Gasteiger partial charge on any atom is -0.390 e. The zero-order valence-corrected chi connectivity index (χ0v) is 7.80. The molecular weight excluding hydrogens is 208 g/mol. The van der Waals surface area contributed by atoms with Crippen LogP contribution < -0.4 is 5.32 Å². The van der Waals surface area contributed by atoms with E-state index in [0.717, 1.165) is 24.1 Å². The third kappa shape index (κ3) is 3.03. The molecule has 0 aromatic heterocycles. The van der Waals surface area contributed by atoms with Crippen molar-refractivity contribution in [2.24, 2.45) is 5.16 Å². The number of oxime groups is 1. The van der Waals surface area contributed by atoms with Gasteiger partial charge in [-0.05, 0) is 15.9 Å². The topological polar surface area (TPSA) is 33.6 Å². The van der Waals surface area contributed by atoms with Crippen molar-refractivity contribution in [3.63, 3.8) is 0 Å². The van der Waals surface area contributed by atoms with Crippen LogP contribution in [0.4, 0.5) is 0 Å². The first-order valence-corrected chi connectivity index (χ1v) is 4.32. The zero-order chi connectivity index (χ0) is 8.10. The van der Waals surface area contributed by atoms with Crippen molar-refractivity contribution in [1.29, 1.82) is 0 Å². The van der Waals surface area contributed by atoms with Crippen LogP contribution in [-0.2, 0) is 4.84 Å². The summed E-state index contributed by atoms with van der Waals surface area (Å²) in [5.74, 6) is 0. The second-order valence-electron chi connectivity index (χ2n) is 2.35. The van der Waals surface area contributed by atoms with Crippen molar-refractivity contribution in [3.8, 4) is 0 Å². The number of rotatable bonds is 4. The van der Waals surface area contributed by atoms with E-state index in [1.807, 2.05) is 6.08 Å². The molecule has 0 radical (unpaired) electrons. The fraction of sp³-hybridized carbons (Fsp3) is 0.571. The molecule has 1 aliphatic heterocycles. The van der Waals surface area contributed by atoms with Crippen LogP contribution in [0.1, 0.15) is 6.42 Å². The third-order valence-corrected chi connectivity index (χ3v) is 1.83. The molecule has 1 atom stereocenters. The monoisotopic (exact) mass is 218 g/mol. The van der Waals surface area contributed by atoms with Crippen molar-refractivity contribution < 1.29 is 4.84 Å². The summed E-state index contributed by atoms with van der Waals surface area (Å²) >= 11 is 3.26. The van der Waals surface area contributed by atoms with E-state index in [9.17, 15) is 0 Å². The molecule has 1 rings (SSSR count). The number of halogens is 1. The highest BCUT2D eigenvalue weighted by Crippen LogP contribution is 2.12. The van der Waals surface area contributed by atoms with Gasteiger partial charge in [0.1, 0.15) is 10.7 Å². The molecule has 0 spiro atoms. The Kier molecular flexibility index (Phi) is 3.59. The Bertz CT molecular complexity index is 170. The van der Waals surface area contributed by atoms with Gasteiger partial charge in [-0.15, -0.1) is 6.58 Å². The summed E-state index contributed by atoms with van der Waals surface area (Å²) in [6, 6.07) is 0. The summed E-state index contributed by atoms with van der Waals surface area (Å²) in [5, 5.41) is 6.92. The molecule has 0 aromatic carbocycles. The van der Waals surface area contributed by atoms with Crippen LogP contribution in [-0.4, -0.2) is 23.8 Å². The lowest BCUT2D eigenvalue weighted by Crippen LogP contribution is -2.26. The van der Waals surface area contributed by atoms with Crippen LogP contribution >= 0.6 is 15.9 Å². The molecule has 0 saturated heterocycles. The number of nitrogens with zero attached hydrogens (tertiary/aromatic N) is 1. The van der Waals surface area contributed by atoms with Gasteiger partial charge in [0, 0.05) is 19.5 Å². The van der Waals surface area contributed by atoms with Crippen LogP contribution in [0, 0.1) is 0 Å². The predicted octanol–water partition coefficient (Wildman–Crippen LogP) is 1.26. The van der Waals surface area contributed by atoms with E-state index >= 15 is 0 Å². The Hall–Kier alpha value is -0.350. The van der Waals surface area contributed by atoms with E-state index in [1.165, 1.54) is 0 Å². The number of nitrogens with one attached hydrogen (secondary N) is 1. The average molecular weight is 219 g/mol. The van der Waals surface area contributed by atoms with Gasteiger partial charge in [-0.25, -0.2) is 0 Å². The Balaban J connectivity index is 2.06. The highest BCUT2D eigenvalue weighted by atomic mass is 79.9. The number of hydrogen-bond acceptors (Lipinski definition) is 3. The van der Waals surface area contributed by atoms with Crippen LogP contribution in [0.25, 0.3) is 0 Å². The van der Waals surface area contributed by atoms with Gasteiger partial charge in [-0.1, -0.05) is 11.2 Å². The Morgan fingerprint density at radius 2 is 2.73 bits per heavy atom. The van der Waals surface area contributed by atoms with Crippen LogP contribution in [0.15, 0.2) is 17.8 Å². The molecule has 0 aromatic rings. The van der Waals surface area contributed by atoms with Crippen molar-refractivity contribution in [1.82, 2.24) is 5.32 Å². The maximum Gasteiger partial charge on any atom is 0.146 e. The standard InChI is InChI=1S/C7H11BrN2O/c1-2-3-9-5-6-4-7(8)10-11-6/h2,6,9H,1,3-5H2/t6-/m1/s1. The van der Waals surface area contributed by atoms with E-state index in [1.54, 1.807) is 0 Å². The van der Waals surface area contributed by atoms with E-state index in [2.05, 4.69) is 33.0 Å². The van der Waals surface area contributed by atoms with E-state index in [0.29, 0.717) is 0 Å². The normalized spacial score (nSPS) is 22.6. The Morgan fingerprint density at radius 3 is 3.27 bits per heavy atom. The summed E-state index contributed by atoms with van der Waals surface area (Å²) in [6.07, 6.45) is 2.87. The van der Waals surface area contributed by atoms with Crippen molar-refractivity contribution in [3.05, 3.63) is 12.7 Å². The molecule has 0 amide bonds. The second kappa shape index (κ2) is 4.51. The van der Waals surface area contributed by atoms with Gasteiger partial charge >= 0.3 is 0 Å². The molecule has 0 aliphatic carbocycles. The summed E-state index contributed by atoms with van der Waals surface area (Å²) in [6.45, 7) is 5.24. The molecule has 0 saturated carbocycles. The molecule has 3 nitrogen and oxygen atoms in total. The molecular formula is C7H11BrN2O. The minimum absolute atomic E-state index is 0.185. The van der Waals surface area contributed by atoms with Crippen molar-refractivity contribution in [2.45, 2.75) is 12.5 Å². The van der Waals surface area contributed by atoms with Crippen molar-refractivity contribution >= 4 is 20.6 Å². The van der Waals surface area contributed by atoms with Gasteiger partial charge in [-0.3, -0.25) is 0 Å². The van der Waals surface area contributed by atoms with Gasteiger partial charge in [0.2, 0.25) is 0 Å². The minimum atomic E-state index is 0.185. The maximum absolute atomic E-state index is 5.06. The molecule has 62 valence electrons. The van der Waals surface area contributed by atoms with Crippen molar-refractivity contribution in [2.75, 3.05) is 13.1 Å². The van der Waals surface area contributed by atoms with Gasteiger partial charge in [0.15, 0.2) is 0 Å². The summed E-state index contributed by atoms with van der Waals surface area (Å²) in [4.78, 5) is 5.06. The molecule has 1 heterocycles. The predicted molar refractivity (Wildman–Crippen MR) is 48.9 cm³/mol. The fourth-order valence-corrected chi connectivity index (χ4v) is 1.29. The first kappa shape index (κ1) is 8.74. The Morgan fingerprint density at radius 1 is 1.91 bits per heavy atom. The first-order chi connectivity index (χ1) is 5.33. The largest absolute Gasteiger partial charge is 0.390 e. The molecule has 11 heavy (non-hydrogen) atoms. The van der Waals surface area contributed by atoms with Gasteiger partial charge in [-0.2, -0.15) is 0 Å². The molecule has 1 N–H and O–H groups in total. The average Bonchev–Trinajstić information content (AvgIpc) is 2.37. The highest BCUT2D eigenvalue weighted by Gasteiger charge is 2.17. The Labute approximate surface area is 74.6 Å². The maximum atomic E-state index is 5.06. The fourth-order valence-electron chi connectivity index (χ4n) is 0.850. The summed E-state index contributed by atoms with van der Waals surface area (Å²) < 4.78 is 0.892. The molecule has 0 fully saturated rings. The van der Waals surface area contributed by atoms with E-state index in [-0.39, 0.29) is 6.10 Å². The molecule has 0 unspecified atom stereocenters. The molecule has 1 aliphatic rings. The van der Waals surface area contributed by atoms with Gasteiger partial charge in [0.25, 0.3) is 0 Å². The highest BCUT2D eigenvalue weighted by molar-refractivity contribution is 9.18. The number of hydrogen-bond donors (Lipinski definition) is 1. The molecule has 0 bridgehead atoms. The van der Waals surface area contributed by atoms with Crippen LogP contribution in [0.5, 0.6) is 0 Å². The third-order valence-electron chi connectivity index (χ3n) is 1.36. The lowest BCUT2D eigenvalue weighted by Gasteiger charge is -2.06. The van der Waals surface area contributed by atoms with Crippen LogP contribution in [0.2, 0.25) is 0 Å². The SMILES string of the molecule is C=CCNC[C@H]1CC(Br)=NO1. The molecule has 4 heteroatoms. The van der Waals surface area contributed by atoms with E-state index < -0.39 is 0 Å². The quantitative estimate of drug-likeness (QED) is 0.570. The van der Waals surface area contributed by atoms with Gasteiger partial charge < -0.3 is 10.2 Å². The lowest BCUT2D eigenvalue weighted by molar-refractivity contribution is 0.0859. The first-order valence-electron chi connectivity index (χ1n) is 3.52. The van der Waals surface area contributed by atoms with E-state index in [4.69, 9.17) is 4.84 Å². The van der Waals surface area contributed by atoms with Crippen LogP contribution in [0.3, 0.4) is 0 Å². The lowest BCUT2D eigenvalue weighted by atomic mass is 10.3.